The quantitative estimate of drug-likeness (QED) is 0.395. The van der Waals surface area contributed by atoms with Gasteiger partial charge in [0.2, 0.25) is 0 Å². The van der Waals surface area contributed by atoms with Crippen LogP contribution in [0.4, 0.5) is 11.4 Å². The summed E-state index contributed by atoms with van der Waals surface area (Å²) in [6.45, 7) is 3.98. The van der Waals surface area contributed by atoms with Crippen molar-refractivity contribution in [2.24, 2.45) is 0 Å². The third kappa shape index (κ3) is 3.47. The van der Waals surface area contributed by atoms with E-state index in [4.69, 9.17) is 0 Å². The number of fused-ring (bicyclic) bond motifs is 2. The Hall–Kier alpha value is -3.38. The number of rotatable bonds is 4. The summed E-state index contributed by atoms with van der Waals surface area (Å²) in [7, 11) is 0. The predicted octanol–water partition coefficient (Wildman–Crippen LogP) is 4.51. The zero-order valence-corrected chi connectivity index (χ0v) is 15.1. The summed E-state index contributed by atoms with van der Waals surface area (Å²) in [5, 5.41) is 13.2. The predicted molar refractivity (Wildman–Crippen MR) is 108 cm³/mol. The molecule has 1 heterocycles. The van der Waals surface area contributed by atoms with Crippen molar-refractivity contribution in [2.75, 3.05) is 5.32 Å². The van der Waals surface area contributed by atoms with E-state index in [0.29, 0.717) is 5.70 Å². The van der Waals surface area contributed by atoms with Crippen LogP contribution in [0.5, 0.6) is 5.75 Å². The van der Waals surface area contributed by atoms with E-state index < -0.39 is 5.91 Å². The summed E-state index contributed by atoms with van der Waals surface area (Å²) in [6, 6.07) is 20.5. The van der Waals surface area contributed by atoms with Crippen LogP contribution in [0.3, 0.4) is 0 Å². The van der Waals surface area contributed by atoms with Gasteiger partial charge in [-0.05, 0) is 36.4 Å². The van der Waals surface area contributed by atoms with Crippen LogP contribution < -0.4 is 16.2 Å². The van der Waals surface area contributed by atoms with Crippen LogP contribution in [-0.2, 0) is 0 Å². The molecule has 0 spiro atoms. The van der Waals surface area contributed by atoms with Gasteiger partial charge in [-0.3, -0.25) is 15.6 Å². The minimum absolute atomic E-state index is 0.0731. The molecule has 0 bridgehead atoms. The van der Waals surface area contributed by atoms with Gasteiger partial charge in [-0.2, -0.15) is 0 Å². The van der Waals surface area contributed by atoms with E-state index >= 15 is 0 Å². The van der Waals surface area contributed by atoms with Gasteiger partial charge in [0.1, 0.15) is 5.75 Å². The fourth-order valence-electron chi connectivity index (χ4n) is 2.76. The van der Waals surface area contributed by atoms with Crippen molar-refractivity contribution >= 4 is 34.7 Å². The minimum Gasteiger partial charge on any atom is -0.507 e. The summed E-state index contributed by atoms with van der Waals surface area (Å²) in [5.74, 6) is -0.508. The fraction of sp³-hybridized carbons (Fsp3) is 0. The molecule has 6 heteroatoms. The van der Waals surface area contributed by atoms with E-state index in [0.717, 1.165) is 21.8 Å². The molecule has 0 radical (unpaired) electrons. The first-order chi connectivity index (χ1) is 13.1. The highest BCUT2D eigenvalue weighted by Crippen LogP contribution is 2.44. The molecule has 3 aromatic rings. The van der Waals surface area contributed by atoms with E-state index in [9.17, 15) is 9.90 Å². The van der Waals surface area contributed by atoms with E-state index in [1.54, 1.807) is 30.0 Å². The van der Waals surface area contributed by atoms with Crippen LogP contribution in [0, 0.1) is 0 Å². The lowest BCUT2D eigenvalue weighted by Crippen LogP contribution is -2.35. The zero-order valence-electron chi connectivity index (χ0n) is 14.3. The SMILES string of the molecule is C=C(NNC(=O)c1ccccc1O)c1ccc2c(c1)Nc1ccccc1S2. The molecule has 27 heavy (non-hydrogen) atoms. The smallest absolute Gasteiger partial charge is 0.273 e. The van der Waals surface area contributed by atoms with Crippen LogP contribution in [0.15, 0.2) is 83.1 Å². The summed E-state index contributed by atoms with van der Waals surface area (Å²) in [4.78, 5) is 14.5. The van der Waals surface area contributed by atoms with Gasteiger partial charge in [0.25, 0.3) is 5.91 Å². The van der Waals surface area contributed by atoms with Crippen molar-refractivity contribution in [2.45, 2.75) is 9.79 Å². The lowest BCUT2D eigenvalue weighted by atomic mass is 10.1. The van der Waals surface area contributed by atoms with Gasteiger partial charge in [-0.1, -0.05) is 48.7 Å². The Morgan fingerprint density at radius 1 is 0.926 bits per heavy atom. The molecule has 1 aliphatic heterocycles. The highest BCUT2D eigenvalue weighted by molar-refractivity contribution is 7.99. The zero-order chi connectivity index (χ0) is 18.8. The van der Waals surface area contributed by atoms with Gasteiger partial charge >= 0.3 is 0 Å². The normalized spacial score (nSPS) is 11.6. The average Bonchev–Trinajstić information content (AvgIpc) is 2.70. The van der Waals surface area contributed by atoms with Crippen LogP contribution in [0.1, 0.15) is 15.9 Å². The van der Waals surface area contributed by atoms with Crippen LogP contribution in [-0.4, -0.2) is 11.0 Å². The number of hydrogen-bond acceptors (Lipinski definition) is 5. The van der Waals surface area contributed by atoms with Crippen molar-refractivity contribution in [1.82, 2.24) is 10.9 Å². The monoisotopic (exact) mass is 375 g/mol. The van der Waals surface area contributed by atoms with Gasteiger partial charge in [0, 0.05) is 15.4 Å². The van der Waals surface area contributed by atoms with Crippen molar-refractivity contribution in [3.63, 3.8) is 0 Å². The number of amides is 1. The molecule has 0 aliphatic carbocycles. The Kier molecular flexibility index (Phi) is 4.48. The molecule has 4 rings (SSSR count). The maximum atomic E-state index is 12.2. The highest BCUT2D eigenvalue weighted by Gasteiger charge is 2.16. The molecule has 4 N–H and O–H groups in total. The molecule has 134 valence electrons. The van der Waals surface area contributed by atoms with Crippen LogP contribution >= 0.6 is 11.8 Å². The maximum absolute atomic E-state index is 12.2. The minimum atomic E-state index is -0.435. The maximum Gasteiger partial charge on any atom is 0.273 e. The van der Waals surface area contributed by atoms with Crippen molar-refractivity contribution in [1.29, 1.82) is 0 Å². The van der Waals surface area contributed by atoms with E-state index in [1.807, 2.05) is 36.4 Å². The summed E-state index contributed by atoms with van der Waals surface area (Å²) in [5.41, 5.74) is 9.02. The van der Waals surface area contributed by atoms with Crippen molar-refractivity contribution in [3.05, 3.63) is 84.4 Å². The molecule has 0 unspecified atom stereocenters. The Balaban J connectivity index is 1.46. The van der Waals surface area contributed by atoms with Gasteiger partial charge in [0.05, 0.1) is 22.6 Å². The number of carbonyl (C=O) groups is 1. The van der Waals surface area contributed by atoms with E-state index in [1.165, 1.54) is 11.0 Å². The molecule has 1 aliphatic rings. The number of anilines is 2. The second-order valence-corrected chi connectivity index (χ2v) is 7.09. The molecule has 0 saturated carbocycles. The highest BCUT2D eigenvalue weighted by atomic mass is 32.2. The second kappa shape index (κ2) is 7.09. The first-order valence-corrected chi connectivity index (χ1v) is 9.15. The largest absolute Gasteiger partial charge is 0.507 e. The second-order valence-electron chi connectivity index (χ2n) is 6.01. The lowest BCUT2D eigenvalue weighted by Gasteiger charge is -2.22. The number of para-hydroxylation sites is 2. The number of hydrazine groups is 1. The topological polar surface area (TPSA) is 73.4 Å². The number of nitrogens with one attached hydrogen (secondary N) is 3. The number of phenols is 1. The van der Waals surface area contributed by atoms with Crippen molar-refractivity contribution < 1.29 is 9.90 Å². The first-order valence-electron chi connectivity index (χ1n) is 8.33. The fourth-order valence-corrected chi connectivity index (χ4v) is 3.73. The third-order valence-corrected chi connectivity index (χ3v) is 5.33. The number of hydrogen-bond donors (Lipinski definition) is 4. The Bertz CT molecular complexity index is 1050. The molecule has 1 amide bonds. The van der Waals surface area contributed by atoms with Gasteiger partial charge in [-0.25, -0.2) is 0 Å². The molecule has 5 nitrogen and oxygen atoms in total. The average molecular weight is 375 g/mol. The number of benzene rings is 3. The molecule has 0 atom stereocenters. The standard InChI is InChI=1S/C21H17N3O2S/c1-13(23-24-21(26)15-6-2-4-8-18(15)25)14-10-11-20-17(12-14)22-16-7-3-5-9-19(16)27-20/h2-12,22-23,25H,1H2,(H,24,26). The molecule has 3 aromatic carbocycles. The summed E-state index contributed by atoms with van der Waals surface area (Å²) >= 11 is 1.71. The van der Waals surface area contributed by atoms with E-state index in [2.05, 4.69) is 28.8 Å². The first kappa shape index (κ1) is 17.1. The van der Waals surface area contributed by atoms with Crippen molar-refractivity contribution in [3.8, 4) is 5.75 Å². The molecular formula is C21H17N3O2S. The lowest BCUT2D eigenvalue weighted by molar-refractivity contribution is 0.0940. The number of phenolic OH excluding ortho intramolecular Hbond substituents is 1. The van der Waals surface area contributed by atoms with Gasteiger partial charge in [-0.15, -0.1) is 0 Å². The van der Waals surface area contributed by atoms with E-state index in [-0.39, 0.29) is 11.3 Å². The van der Waals surface area contributed by atoms with Gasteiger partial charge in [0.15, 0.2) is 0 Å². The molecule has 0 aromatic heterocycles. The molecule has 0 fully saturated rings. The number of aromatic hydroxyl groups is 1. The molecular weight excluding hydrogens is 358 g/mol. The Morgan fingerprint density at radius 3 is 2.52 bits per heavy atom. The number of carbonyl (C=O) groups excluding carboxylic acids is 1. The van der Waals surface area contributed by atoms with Gasteiger partial charge < -0.3 is 10.4 Å². The van der Waals surface area contributed by atoms with Crippen LogP contribution in [0.2, 0.25) is 0 Å². The molecule has 0 saturated heterocycles. The summed E-state index contributed by atoms with van der Waals surface area (Å²) in [6.07, 6.45) is 0. The Morgan fingerprint density at radius 2 is 1.67 bits per heavy atom. The summed E-state index contributed by atoms with van der Waals surface area (Å²) < 4.78 is 0. The third-order valence-electron chi connectivity index (χ3n) is 4.18. The van der Waals surface area contributed by atoms with Crippen LogP contribution in [0.25, 0.3) is 5.70 Å². The Labute approximate surface area is 161 Å².